The van der Waals surface area contributed by atoms with Crippen LogP contribution in [0.4, 0.5) is 0 Å². The van der Waals surface area contributed by atoms with Gasteiger partial charge < -0.3 is 19.3 Å². The zero-order valence-electron chi connectivity index (χ0n) is 17.6. The van der Waals surface area contributed by atoms with Crippen molar-refractivity contribution in [3.8, 4) is 22.8 Å². The molecule has 1 amide bonds. The Hall–Kier alpha value is -3.62. The minimum Gasteiger partial charge on any atom is -0.486 e. The van der Waals surface area contributed by atoms with Crippen molar-refractivity contribution in [2.45, 2.75) is 39.3 Å². The highest BCUT2D eigenvalue weighted by atomic mass is 16.6. The van der Waals surface area contributed by atoms with Gasteiger partial charge in [-0.15, -0.1) is 0 Å². The monoisotopic (exact) mass is 424 g/mol. The molecule has 0 saturated carbocycles. The molecule has 1 atom stereocenters. The molecule has 0 bridgehead atoms. The van der Waals surface area contributed by atoms with Gasteiger partial charge in [0.15, 0.2) is 17.3 Å². The van der Waals surface area contributed by atoms with Crippen LogP contribution in [-0.4, -0.2) is 40.1 Å². The van der Waals surface area contributed by atoms with E-state index in [0.29, 0.717) is 40.8 Å². The summed E-state index contributed by atoms with van der Waals surface area (Å²) in [6, 6.07) is 10.6. The first-order valence-electron chi connectivity index (χ1n) is 10.1. The highest BCUT2D eigenvalue weighted by molar-refractivity contribution is 5.75. The zero-order valence-corrected chi connectivity index (χ0v) is 17.6. The van der Waals surface area contributed by atoms with Gasteiger partial charge in [0.25, 0.3) is 5.56 Å². The Morgan fingerprint density at radius 1 is 1.26 bits per heavy atom. The van der Waals surface area contributed by atoms with Crippen LogP contribution in [0.3, 0.4) is 0 Å². The molecule has 2 aromatic heterocycles. The smallest absolute Gasteiger partial charge is 0.267 e. The van der Waals surface area contributed by atoms with E-state index in [1.807, 2.05) is 38.1 Å². The highest BCUT2D eigenvalue weighted by Gasteiger charge is 2.22. The van der Waals surface area contributed by atoms with Crippen molar-refractivity contribution in [1.29, 1.82) is 0 Å². The molecule has 31 heavy (non-hydrogen) atoms. The molecule has 0 spiro atoms. The van der Waals surface area contributed by atoms with Crippen LogP contribution in [0.15, 0.2) is 45.7 Å². The number of fused-ring (bicyclic) bond motifs is 1. The van der Waals surface area contributed by atoms with Crippen LogP contribution in [-0.2, 0) is 11.3 Å². The molecular weight excluding hydrogens is 400 g/mol. The number of para-hydroxylation sites is 2. The number of nitrogens with zero attached hydrogens (tertiary/aromatic N) is 3. The molecule has 1 aliphatic rings. The molecule has 4 rings (SSSR count). The van der Waals surface area contributed by atoms with Gasteiger partial charge >= 0.3 is 0 Å². The molecule has 0 aliphatic carbocycles. The van der Waals surface area contributed by atoms with Crippen LogP contribution in [0.5, 0.6) is 11.5 Å². The van der Waals surface area contributed by atoms with Crippen molar-refractivity contribution in [2.24, 2.45) is 0 Å². The van der Waals surface area contributed by atoms with Crippen molar-refractivity contribution in [3.05, 3.63) is 58.1 Å². The Kier molecular flexibility index (Phi) is 5.75. The van der Waals surface area contributed by atoms with E-state index in [-0.39, 0.29) is 31.0 Å². The van der Waals surface area contributed by atoms with Crippen LogP contribution < -0.4 is 20.3 Å². The summed E-state index contributed by atoms with van der Waals surface area (Å²) in [5.74, 6) is 1.49. The lowest BCUT2D eigenvalue weighted by molar-refractivity contribution is -0.122. The first-order valence-corrected chi connectivity index (χ1v) is 10.1. The molecule has 3 aromatic rings. The molecule has 9 heteroatoms. The number of ether oxygens (including phenoxy) is 2. The average molecular weight is 424 g/mol. The number of carbonyl (C=O) groups is 1. The Bertz CT molecular complexity index is 1150. The van der Waals surface area contributed by atoms with Crippen molar-refractivity contribution < 1.29 is 18.8 Å². The molecule has 0 radical (unpaired) electrons. The van der Waals surface area contributed by atoms with Gasteiger partial charge in [-0.2, -0.15) is 5.10 Å². The second-order valence-corrected chi connectivity index (χ2v) is 7.73. The molecule has 1 aliphatic heterocycles. The Morgan fingerprint density at radius 3 is 2.74 bits per heavy atom. The van der Waals surface area contributed by atoms with Crippen molar-refractivity contribution >= 4 is 5.91 Å². The summed E-state index contributed by atoms with van der Waals surface area (Å²) in [6.45, 7) is 6.12. The first kappa shape index (κ1) is 20.6. The zero-order chi connectivity index (χ0) is 22.0. The van der Waals surface area contributed by atoms with E-state index in [9.17, 15) is 9.59 Å². The number of benzene rings is 1. The Labute approximate surface area is 179 Å². The molecular formula is C22H24N4O5. The predicted octanol–water partition coefficient (Wildman–Crippen LogP) is 2.29. The van der Waals surface area contributed by atoms with E-state index in [1.165, 1.54) is 6.07 Å². The van der Waals surface area contributed by atoms with Gasteiger partial charge in [-0.3, -0.25) is 9.59 Å². The number of rotatable bonds is 6. The number of aromatic nitrogens is 3. The Morgan fingerprint density at radius 2 is 2.03 bits per heavy atom. The summed E-state index contributed by atoms with van der Waals surface area (Å²) in [7, 11) is 0. The summed E-state index contributed by atoms with van der Waals surface area (Å²) in [4.78, 5) is 25.0. The van der Waals surface area contributed by atoms with Crippen molar-refractivity contribution in [3.63, 3.8) is 0 Å². The highest BCUT2D eigenvalue weighted by Crippen LogP contribution is 2.30. The third-order valence-corrected chi connectivity index (χ3v) is 4.85. The van der Waals surface area contributed by atoms with Crippen molar-refractivity contribution in [2.75, 3.05) is 13.2 Å². The predicted molar refractivity (Wildman–Crippen MR) is 112 cm³/mol. The average Bonchev–Trinajstić information content (AvgIpc) is 3.19. The molecule has 1 aromatic carbocycles. The normalized spacial score (nSPS) is 15.2. The van der Waals surface area contributed by atoms with Gasteiger partial charge in [-0.1, -0.05) is 31.1 Å². The maximum atomic E-state index is 12.6. The van der Waals surface area contributed by atoms with Gasteiger partial charge in [0.05, 0.1) is 17.9 Å². The Balaban J connectivity index is 1.43. The van der Waals surface area contributed by atoms with Crippen LogP contribution in [0.2, 0.25) is 0 Å². The molecule has 1 N–H and O–H groups in total. The van der Waals surface area contributed by atoms with Gasteiger partial charge in [0.2, 0.25) is 5.91 Å². The molecule has 3 heterocycles. The first-order chi connectivity index (χ1) is 14.9. The quantitative estimate of drug-likeness (QED) is 0.647. The minimum atomic E-state index is -0.394. The lowest BCUT2D eigenvalue weighted by atomic mass is 10.0. The second kappa shape index (κ2) is 8.63. The van der Waals surface area contributed by atoms with E-state index >= 15 is 0 Å². The lowest BCUT2D eigenvalue weighted by Crippen LogP contribution is -2.42. The second-order valence-electron chi connectivity index (χ2n) is 7.73. The summed E-state index contributed by atoms with van der Waals surface area (Å²) in [5, 5.41) is 11.1. The van der Waals surface area contributed by atoms with Gasteiger partial charge in [-0.05, 0) is 25.0 Å². The van der Waals surface area contributed by atoms with E-state index in [2.05, 4.69) is 15.6 Å². The van der Waals surface area contributed by atoms with Crippen molar-refractivity contribution in [1.82, 2.24) is 20.3 Å². The van der Waals surface area contributed by atoms with Gasteiger partial charge in [-0.25, -0.2) is 4.68 Å². The topological polar surface area (TPSA) is 108 Å². The summed E-state index contributed by atoms with van der Waals surface area (Å²) >= 11 is 0. The van der Waals surface area contributed by atoms with E-state index in [0.717, 1.165) is 4.68 Å². The van der Waals surface area contributed by atoms with E-state index in [4.69, 9.17) is 14.0 Å². The van der Waals surface area contributed by atoms with E-state index in [1.54, 1.807) is 13.0 Å². The summed E-state index contributed by atoms with van der Waals surface area (Å²) < 4.78 is 17.9. The van der Waals surface area contributed by atoms with Crippen LogP contribution in [0, 0.1) is 6.92 Å². The SMILES string of the molecule is Cc1cc(-c2cc(=O)n(CC(=O)NC[C@H]3COc4ccccc4O3)nc2C(C)C)on1. The standard InChI is InChI=1S/C22H24N4O5/c1-13(2)22-16(19-8-14(3)25-31-19)9-21(28)26(24-22)11-20(27)23-10-15-12-29-17-6-4-5-7-18(17)30-15/h4-9,13,15H,10-12H2,1-3H3,(H,23,27)/t15-/m0/s1. The third-order valence-electron chi connectivity index (χ3n) is 4.85. The fraction of sp³-hybridized carbons (Fsp3) is 0.364. The number of carbonyl (C=O) groups excluding carboxylic acids is 1. The molecule has 0 saturated heterocycles. The third kappa shape index (κ3) is 4.60. The number of hydrogen-bond donors (Lipinski definition) is 1. The molecule has 0 fully saturated rings. The van der Waals surface area contributed by atoms with E-state index < -0.39 is 5.56 Å². The maximum Gasteiger partial charge on any atom is 0.267 e. The minimum absolute atomic E-state index is 0.0168. The molecule has 162 valence electrons. The van der Waals surface area contributed by atoms with Gasteiger partial charge in [0, 0.05) is 17.7 Å². The fourth-order valence-electron chi connectivity index (χ4n) is 3.32. The van der Waals surface area contributed by atoms with Crippen LogP contribution in [0.1, 0.15) is 31.2 Å². The summed E-state index contributed by atoms with van der Waals surface area (Å²) in [6.07, 6.45) is -0.313. The number of aryl methyl sites for hydroxylation is 1. The molecule has 0 unspecified atom stereocenters. The largest absolute Gasteiger partial charge is 0.486 e. The fourth-order valence-corrected chi connectivity index (χ4v) is 3.32. The van der Waals surface area contributed by atoms with Gasteiger partial charge in [0.1, 0.15) is 19.3 Å². The maximum absolute atomic E-state index is 12.6. The van der Waals surface area contributed by atoms with Crippen LogP contribution in [0.25, 0.3) is 11.3 Å². The molecule has 9 nitrogen and oxygen atoms in total. The summed E-state index contributed by atoms with van der Waals surface area (Å²) in [5.41, 5.74) is 1.56. The van der Waals surface area contributed by atoms with Crippen LogP contribution >= 0.6 is 0 Å². The number of amides is 1. The number of hydrogen-bond acceptors (Lipinski definition) is 7. The lowest BCUT2D eigenvalue weighted by Gasteiger charge is -2.26. The number of nitrogens with one attached hydrogen (secondary N) is 1.